The average molecular weight is 382 g/mol. The average Bonchev–Trinajstić information content (AvgIpc) is 3.05. The second kappa shape index (κ2) is 7.52. The number of benzene rings is 2. The molecule has 2 aromatic rings. The zero-order valence-corrected chi connectivity index (χ0v) is 15.1. The Labute approximate surface area is 155 Å². The van der Waals surface area contributed by atoms with E-state index in [4.69, 9.17) is 37.4 Å². The molecule has 25 heavy (non-hydrogen) atoms. The second-order valence-electron chi connectivity index (χ2n) is 5.90. The van der Waals surface area contributed by atoms with Crippen LogP contribution in [0.15, 0.2) is 36.4 Å². The summed E-state index contributed by atoms with van der Waals surface area (Å²) in [5.74, 6) is 1.87. The van der Waals surface area contributed by atoms with Gasteiger partial charge in [0.15, 0.2) is 23.4 Å². The molecule has 1 unspecified atom stereocenters. The van der Waals surface area contributed by atoms with Gasteiger partial charge in [-0.05, 0) is 42.8 Å². The van der Waals surface area contributed by atoms with Crippen molar-refractivity contribution in [2.45, 2.75) is 19.1 Å². The molecule has 3 rings (SSSR count). The predicted molar refractivity (Wildman–Crippen MR) is 95.8 cm³/mol. The number of fused-ring (bicyclic) bond motifs is 1. The third-order valence-corrected chi connectivity index (χ3v) is 4.26. The summed E-state index contributed by atoms with van der Waals surface area (Å²) in [6.45, 7) is 2.80. The number of aldehydes is 1. The zero-order chi connectivity index (χ0) is 17.9. The molecule has 0 saturated carbocycles. The lowest BCUT2D eigenvalue weighted by molar-refractivity contribution is -0.120. The Balaban J connectivity index is 1.60. The minimum Gasteiger partial charge on any atom is -0.477 e. The van der Waals surface area contributed by atoms with Crippen LogP contribution in [0.3, 0.4) is 0 Å². The van der Waals surface area contributed by atoms with E-state index in [1.807, 2.05) is 18.2 Å². The third-order valence-electron chi connectivity index (χ3n) is 3.73. The van der Waals surface area contributed by atoms with Crippen molar-refractivity contribution in [3.8, 4) is 17.2 Å². The van der Waals surface area contributed by atoms with Crippen LogP contribution >= 0.6 is 23.2 Å². The van der Waals surface area contributed by atoms with Gasteiger partial charge in [-0.15, -0.1) is 0 Å². The summed E-state index contributed by atoms with van der Waals surface area (Å²) in [5.41, 5.74) is -0.0459. The second-order valence-corrected chi connectivity index (χ2v) is 6.74. The van der Waals surface area contributed by atoms with Crippen LogP contribution in [0.4, 0.5) is 0 Å². The molecule has 1 heterocycles. The molecule has 0 radical (unpaired) electrons. The molecular formula is C18H17Cl2NO4. The molecule has 2 aromatic carbocycles. The van der Waals surface area contributed by atoms with Crippen molar-refractivity contribution in [3.05, 3.63) is 52.0 Å². The van der Waals surface area contributed by atoms with Crippen molar-refractivity contribution in [3.63, 3.8) is 0 Å². The molecule has 1 aliphatic heterocycles. The van der Waals surface area contributed by atoms with E-state index in [1.54, 1.807) is 25.1 Å². The van der Waals surface area contributed by atoms with Gasteiger partial charge in [-0.25, -0.2) is 0 Å². The molecule has 0 bridgehead atoms. The van der Waals surface area contributed by atoms with Gasteiger partial charge in [-0.2, -0.15) is 0 Å². The predicted octanol–water partition coefficient (Wildman–Crippen LogP) is 3.85. The highest BCUT2D eigenvalue weighted by atomic mass is 35.5. The molecule has 0 amide bonds. The lowest BCUT2D eigenvalue weighted by atomic mass is 10.1. The summed E-state index contributed by atoms with van der Waals surface area (Å²) in [4.78, 5) is 11.5. The molecular weight excluding hydrogens is 365 g/mol. The van der Waals surface area contributed by atoms with Gasteiger partial charge in [0.05, 0.1) is 5.02 Å². The van der Waals surface area contributed by atoms with Gasteiger partial charge >= 0.3 is 0 Å². The zero-order valence-electron chi connectivity index (χ0n) is 13.6. The molecule has 0 spiro atoms. The van der Waals surface area contributed by atoms with Crippen molar-refractivity contribution in [1.29, 1.82) is 0 Å². The Kier molecular flexibility index (Phi) is 5.37. The third kappa shape index (κ3) is 4.37. The Morgan fingerprint density at radius 3 is 2.76 bits per heavy atom. The standard InChI is InChI=1S/C18H17Cl2NO4/c1-18(10-22,25-15-5-3-13(19)7-14(15)20)9-21-8-12-2-4-16-17(6-12)24-11-23-16/h2-7,10,21H,8-9,11H2,1H3. The molecule has 0 aliphatic carbocycles. The smallest absolute Gasteiger partial charge is 0.231 e. The number of hydrogen-bond acceptors (Lipinski definition) is 5. The first-order chi connectivity index (χ1) is 12.0. The Morgan fingerprint density at radius 2 is 2.00 bits per heavy atom. The van der Waals surface area contributed by atoms with E-state index >= 15 is 0 Å². The number of rotatable bonds is 7. The van der Waals surface area contributed by atoms with Crippen molar-refractivity contribution < 1.29 is 19.0 Å². The molecule has 1 atom stereocenters. The highest BCUT2D eigenvalue weighted by molar-refractivity contribution is 6.35. The Bertz CT molecular complexity index is 784. The van der Waals surface area contributed by atoms with Crippen LogP contribution in [0.25, 0.3) is 0 Å². The van der Waals surface area contributed by atoms with Crippen LogP contribution < -0.4 is 19.5 Å². The number of halogens is 2. The van der Waals surface area contributed by atoms with Gasteiger partial charge in [-0.1, -0.05) is 29.3 Å². The minimum atomic E-state index is -1.06. The fourth-order valence-corrected chi connectivity index (χ4v) is 2.86. The first-order valence-electron chi connectivity index (χ1n) is 7.69. The first kappa shape index (κ1) is 17.9. The van der Waals surface area contributed by atoms with Gasteiger partial charge in [0, 0.05) is 18.1 Å². The fraction of sp³-hybridized carbons (Fsp3) is 0.278. The Hall–Kier alpha value is -1.95. The summed E-state index contributed by atoms with van der Waals surface area (Å²) in [5, 5.41) is 4.08. The highest BCUT2D eigenvalue weighted by Gasteiger charge is 2.26. The van der Waals surface area contributed by atoms with Gasteiger partial charge < -0.3 is 19.5 Å². The van der Waals surface area contributed by atoms with Crippen molar-refractivity contribution in [1.82, 2.24) is 5.32 Å². The van der Waals surface area contributed by atoms with Crippen molar-refractivity contribution in [2.75, 3.05) is 13.3 Å². The normalized spacial score (nSPS) is 14.8. The van der Waals surface area contributed by atoms with E-state index < -0.39 is 5.60 Å². The lowest BCUT2D eigenvalue weighted by Gasteiger charge is -2.26. The minimum absolute atomic E-state index is 0.241. The summed E-state index contributed by atoms with van der Waals surface area (Å²) in [6, 6.07) is 10.6. The Morgan fingerprint density at radius 1 is 1.20 bits per heavy atom. The van der Waals surface area contributed by atoms with Gasteiger partial charge in [0.1, 0.15) is 5.75 Å². The summed E-state index contributed by atoms with van der Waals surface area (Å²) in [6.07, 6.45) is 0.755. The summed E-state index contributed by atoms with van der Waals surface area (Å²) >= 11 is 12.0. The molecule has 7 heteroatoms. The van der Waals surface area contributed by atoms with E-state index in [0.29, 0.717) is 28.9 Å². The number of nitrogens with one attached hydrogen (secondary N) is 1. The topological polar surface area (TPSA) is 56.8 Å². The molecule has 5 nitrogen and oxygen atoms in total. The van der Waals surface area contributed by atoms with Crippen molar-refractivity contribution in [2.24, 2.45) is 0 Å². The molecule has 0 fully saturated rings. The maximum atomic E-state index is 11.5. The monoisotopic (exact) mass is 381 g/mol. The van der Waals surface area contributed by atoms with E-state index in [0.717, 1.165) is 23.3 Å². The van der Waals surface area contributed by atoms with Crippen LogP contribution in [0.1, 0.15) is 12.5 Å². The quantitative estimate of drug-likeness (QED) is 0.738. The van der Waals surface area contributed by atoms with E-state index in [9.17, 15) is 4.79 Å². The van der Waals surface area contributed by atoms with E-state index in [1.165, 1.54) is 0 Å². The van der Waals surface area contributed by atoms with Crippen LogP contribution in [0.5, 0.6) is 17.2 Å². The molecule has 1 aliphatic rings. The van der Waals surface area contributed by atoms with Crippen LogP contribution in [0.2, 0.25) is 10.0 Å². The lowest BCUT2D eigenvalue weighted by Crippen LogP contribution is -2.44. The fourth-order valence-electron chi connectivity index (χ4n) is 2.42. The van der Waals surface area contributed by atoms with Gasteiger partial charge in [0.2, 0.25) is 6.79 Å². The number of carbonyl (C=O) groups excluding carboxylic acids is 1. The molecule has 1 N–H and O–H groups in total. The van der Waals surface area contributed by atoms with Crippen LogP contribution in [-0.4, -0.2) is 25.2 Å². The van der Waals surface area contributed by atoms with Crippen molar-refractivity contribution >= 4 is 29.5 Å². The maximum Gasteiger partial charge on any atom is 0.231 e. The summed E-state index contributed by atoms with van der Waals surface area (Å²) < 4.78 is 16.4. The van der Waals surface area contributed by atoms with E-state index in [-0.39, 0.29) is 6.79 Å². The molecule has 0 saturated heterocycles. The number of carbonyl (C=O) groups is 1. The SMILES string of the molecule is CC(C=O)(CNCc1ccc2c(c1)OCO2)Oc1ccc(Cl)cc1Cl. The maximum absolute atomic E-state index is 11.5. The van der Waals surface area contributed by atoms with Crippen LogP contribution in [0, 0.1) is 0 Å². The first-order valence-corrected chi connectivity index (χ1v) is 8.44. The highest BCUT2D eigenvalue weighted by Crippen LogP contribution is 2.32. The largest absolute Gasteiger partial charge is 0.477 e. The van der Waals surface area contributed by atoms with E-state index in [2.05, 4.69) is 5.32 Å². The molecule has 0 aromatic heterocycles. The molecule has 132 valence electrons. The number of hydrogen-bond donors (Lipinski definition) is 1. The summed E-state index contributed by atoms with van der Waals surface area (Å²) in [7, 11) is 0. The van der Waals surface area contributed by atoms with Gasteiger partial charge in [0.25, 0.3) is 0 Å². The van der Waals surface area contributed by atoms with Crippen LogP contribution in [-0.2, 0) is 11.3 Å². The number of ether oxygens (including phenoxy) is 3. The van der Waals surface area contributed by atoms with Gasteiger partial charge in [-0.3, -0.25) is 4.79 Å².